The first kappa shape index (κ1) is 20.3. The zero-order chi connectivity index (χ0) is 21.7. The summed E-state index contributed by atoms with van der Waals surface area (Å²) in [6, 6.07) is 9.79. The summed E-state index contributed by atoms with van der Waals surface area (Å²) in [5.41, 5.74) is 4.12. The highest BCUT2D eigenvalue weighted by molar-refractivity contribution is 6.24. The van der Waals surface area contributed by atoms with Crippen LogP contribution in [0.25, 0.3) is 5.69 Å². The van der Waals surface area contributed by atoms with E-state index < -0.39 is 4.87 Å². The molecule has 0 saturated heterocycles. The number of fused-ring (bicyclic) bond motifs is 3. The average molecular weight is 452 g/mol. The summed E-state index contributed by atoms with van der Waals surface area (Å²) >= 11 is 7.41. The predicted octanol–water partition coefficient (Wildman–Crippen LogP) is 5.22. The Morgan fingerprint density at radius 2 is 2.06 bits per heavy atom. The Morgan fingerprint density at radius 1 is 1.16 bits per heavy atom. The second-order valence-corrected chi connectivity index (χ2v) is 10.3. The second kappa shape index (κ2) is 7.92. The third-order valence-corrected chi connectivity index (χ3v) is 8.46. The van der Waals surface area contributed by atoms with Crippen LogP contribution in [0.2, 0.25) is 0 Å². The van der Waals surface area contributed by atoms with Gasteiger partial charge < -0.3 is 5.32 Å². The first-order valence-corrected chi connectivity index (χ1v) is 12.0. The van der Waals surface area contributed by atoms with E-state index in [2.05, 4.69) is 43.3 Å². The molecule has 3 unspecified atom stereocenters. The highest BCUT2D eigenvalue weighted by Gasteiger charge is 2.46. The largest absolute Gasteiger partial charge is 0.306 e. The molecule has 3 aliphatic rings. The Bertz CT molecular complexity index is 1140. The normalized spacial score (nSPS) is 27.8. The third-order valence-electron chi connectivity index (χ3n) is 7.89. The van der Waals surface area contributed by atoms with E-state index >= 15 is 0 Å². The van der Waals surface area contributed by atoms with Gasteiger partial charge in [-0.3, -0.25) is 9.55 Å². The smallest absolute Gasteiger partial charge is 0.151 e. The Kier molecular flexibility index (Phi) is 5.03. The molecule has 2 fully saturated rings. The van der Waals surface area contributed by atoms with Crippen LogP contribution in [0.5, 0.6) is 0 Å². The maximum Gasteiger partial charge on any atom is 0.151 e. The number of alkyl halides is 1. The third kappa shape index (κ3) is 3.35. The van der Waals surface area contributed by atoms with Crippen molar-refractivity contribution in [2.75, 3.05) is 0 Å². The molecule has 0 spiro atoms. The number of benzene rings is 1. The van der Waals surface area contributed by atoms with Crippen LogP contribution < -0.4 is 5.32 Å². The predicted molar refractivity (Wildman–Crippen MR) is 121 cm³/mol. The minimum Gasteiger partial charge on any atom is -0.306 e. The molecular weight excluding hydrogens is 425 g/mol. The first-order chi connectivity index (χ1) is 15.6. The molecular formula is C25H27ClFN5. The van der Waals surface area contributed by atoms with Gasteiger partial charge in [0.25, 0.3) is 0 Å². The highest BCUT2D eigenvalue weighted by atomic mass is 35.5. The van der Waals surface area contributed by atoms with Crippen LogP contribution in [-0.4, -0.2) is 19.7 Å². The molecule has 2 aliphatic carbocycles. The van der Waals surface area contributed by atoms with Crippen LogP contribution in [0.4, 0.5) is 4.39 Å². The summed E-state index contributed by atoms with van der Waals surface area (Å²) < 4.78 is 16.7. The summed E-state index contributed by atoms with van der Waals surface area (Å²) in [6.07, 6.45) is 9.74. The fourth-order valence-electron chi connectivity index (χ4n) is 5.98. The van der Waals surface area contributed by atoms with Gasteiger partial charge in [0.05, 0.1) is 22.8 Å². The number of halogens is 2. The van der Waals surface area contributed by atoms with Crippen LogP contribution in [0.3, 0.4) is 0 Å². The molecule has 2 saturated carbocycles. The van der Waals surface area contributed by atoms with Crippen LogP contribution in [0.1, 0.15) is 67.1 Å². The lowest BCUT2D eigenvalue weighted by Crippen LogP contribution is -2.38. The molecule has 5 nitrogen and oxygen atoms in total. The van der Waals surface area contributed by atoms with E-state index in [1.807, 2.05) is 0 Å². The summed E-state index contributed by atoms with van der Waals surface area (Å²) in [7, 11) is 0. The van der Waals surface area contributed by atoms with Gasteiger partial charge >= 0.3 is 0 Å². The standard InChI is InChI=1S/C25H27ClFN5/c26-25(18-6-7-22-17(11-18)13-28-14-23-31-30-15-32(22)23)9-8-19(20(12-25)16-3-1-4-16)24-21(27)5-2-10-29-24/h2,5-7,10-11,15-16,19-20,28H,1,3-4,8-9,12-14H2. The van der Waals surface area contributed by atoms with Gasteiger partial charge in [0.2, 0.25) is 0 Å². The maximum atomic E-state index is 14.7. The fraction of sp³-hybridized carbons (Fsp3) is 0.480. The molecule has 1 N–H and O–H groups in total. The molecule has 3 aromatic rings. The molecule has 6 rings (SSSR count). The molecule has 7 heteroatoms. The van der Waals surface area contributed by atoms with Gasteiger partial charge in [-0.2, -0.15) is 0 Å². The fourth-order valence-corrected chi connectivity index (χ4v) is 6.39. The van der Waals surface area contributed by atoms with Crippen molar-refractivity contribution in [2.24, 2.45) is 11.8 Å². The molecule has 0 amide bonds. The van der Waals surface area contributed by atoms with E-state index in [0.29, 0.717) is 24.1 Å². The maximum absolute atomic E-state index is 14.7. The van der Waals surface area contributed by atoms with E-state index in [-0.39, 0.29) is 11.7 Å². The van der Waals surface area contributed by atoms with Gasteiger partial charge in [-0.15, -0.1) is 21.8 Å². The van der Waals surface area contributed by atoms with Gasteiger partial charge in [-0.1, -0.05) is 31.4 Å². The van der Waals surface area contributed by atoms with Crippen molar-refractivity contribution in [3.8, 4) is 5.69 Å². The van der Waals surface area contributed by atoms with Crippen molar-refractivity contribution in [2.45, 2.75) is 62.4 Å². The van der Waals surface area contributed by atoms with E-state index in [1.54, 1.807) is 24.7 Å². The van der Waals surface area contributed by atoms with Gasteiger partial charge in [-0.05, 0) is 60.4 Å². The van der Waals surface area contributed by atoms with Crippen LogP contribution >= 0.6 is 11.6 Å². The number of nitrogens with one attached hydrogen (secondary N) is 1. The molecule has 0 radical (unpaired) electrons. The Hall–Kier alpha value is -2.31. The Balaban J connectivity index is 1.34. The Labute approximate surface area is 192 Å². The van der Waals surface area contributed by atoms with Crippen LogP contribution in [-0.2, 0) is 18.0 Å². The molecule has 3 atom stereocenters. The molecule has 32 heavy (non-hydrogen) atoms. The number of rotatable bonds is 3. The summed E-state index contributed by atoms with van der Waals surface area (Å²) in [5, 5.41) is 11.7. The summed E-state index contributed by atoms with van der Waals surface area (Å²) in [6.45, 7) is 1.46. The van der Waals surface area contributed by atoms with E-state index in [9.17, 15) is 4.39 Å². The van der Waals surface area contributed by atoms with E-state index in [0.717, 1.165) is 37.3 Å². The number of hydrogen-bond donors (Lipinski definition) is 1. The first-order valence-electron chi connectivity index (χ1n) is 11.7. The van der Waals surface area contributed by atoms with E-state index in [1.165, 1.54) is 30.4 Å². The average Bonchev–Trinajstić information content (AvgIpc) is 3.15. The molecule has 0 bridgehead atoms. The minimum atomic E-state index is -0.431. The van der Waals surface area contributed by atoms with Gasteiger partial charge in [0, 0.05) is 18.7 Å². The van der Waals surface area contributed by atoms with Crippen molar-refractivity contribution < 1.29 is 4.39 Å². The zero-order valence-corrected chi connectivity index (χ0v) is 18.7. The Morgan fingerprint density at radius 3 is 2.88 bits per heavy atom. The molecule has 2 aromatic heterocycles. The number of hydrogen-bond acceptors (Lipinski definition) is 4. The lowest BCUT2D eigenvalue weighted by Gasteiger charge is -2.47. The molecule has 1 aliphatic heterocycles. The van der Waals surface area contributed by atoms with Gasteiger partial charge in [0.1, 0.15) is 12.1 Å². The lowest BCUT2D eigenvalue weighted by molar-refractivity contribution is 0.114. The zero-order valence-electron chi connectivity index (χ0n) is 18.0. The van der Waals surface area contributed by atoms with Crippen molar-refractivity contribution in [1.29, 1.82) is 0 Å². The van der Waals surface area contributed by atoms with Crippen LogP contribution in [0, 0.1) is 17.7 Å². The minimum absolute atomic E-state index is 0.149. The van der Waals surface area contributed by atoms with Crippen molar-refractivity contribution in [3.05, 3.63) is 71.3 Å². The monoisotopic (exact) mass is 451 g/mol. The molecule has 166 valence electrons. The SMILES string of the molecule is Fc1cccnc1C1CCC(Cl)(c2ccc3c(c2)CNCc2nncn2-3)CC1C1CCC1. The van der Waals surface area contributed by atoms with Crippen molar-refractivity contribution in [3.63, 3.8) is 0 Å². The lowest BCUT2D eigenvalue weighted by atomic mass is 9.61. The quantitative estimate of drug-likeness (QED) is 0.554. The van der Waals surface area contributed by atoms with Crippen LogP contribution in [0.15, 0.2) is 42.9 Å². The number of pyridine rings is 1. The van der Waals surface area contributed by atoms with Crippen molar-refractivity contribution >= 4 is 11.6 Å². The summed E-state index contributed by atoms with van der Waals surface area (Å²) in [5.74, 6) is 1.86. The van der Waals surface area contributed by atoms with E-state index in [4.69, 9.17) is 11.6 Å². The second-order valence-electron chi connectivity index (χ2n) is 9.60. The highest BCUT2D eigenvalue weighted by Crippen LogP contribution is 2.56. The van der Waals surface area contributed by atoms with Gasteiger partial charge in [0.15, 0.2) is 5.82 Å². The molecule has 1 aromatic carbocycles. The van der Waals surface area contributed by atoms with Gasteiger partial charge in [-0.25, -0.2) is 4.39 Å². The number of nitrogens with zero attached hydrogens (tertiary/aromatic N) is 4. The van der Waals surface area contributed by atoms with Crippen molar-refractivity contribution in [1.82, 2.24) is 25.1 Å². The summed E-state index contributed by atoms with van der Waals surface area (Å²) in [4.78, 5) is 4.03. The number of aromatic nitrogens is 4. The topological polar surface area (TPSA) is 55.6 Å². The molecule has 3 heterocycles.